The zero-order chi connectivity index (χ0) is 33.9. The van der Waals surface area contributed by atoms with Crippen molar-refractivity contribution in [1.29, 1.82) is 0 Å². The molecule has 0 aromatic heterocycles. The summed E-state index contributed by atoms with van der Waals surface area (Å²) >= 11 is 6.02. The van der Waals surface area contributed by atoms with E-state index in [2.05, 4.69) is 50.4 Å². The lowest BCUT2D eigenvalue weighted by Gasteiger charge is -2.46. The Hall–Kier alpha value is -3.24. The van der Waals surface area contributed by atoms with E-state index in [0.717, 1.165) is 10.4 Å². The zero-order valence-electron chi connectivity index (χ0n) is 28.0. The van der Waals surface area contributed by atoms with Gasteiger partial charge >= 0.3 is 6.09 Å². The Morgan fingerprint density at radius 2 is 1.48 bits per heavy atom. The minimum Gasteiger partial charge on any atom is -0.444 e. The van der Waals surface area contributed by atoms with Gasteiger partial charge < -0.3 is 19.2 Å². The Morgan fingerprint density at radius 3 is 2.00 bits per heavy atom. The first-order valence-electron chi connectivity index (χ1n) is 15.6. The molecule has 1 fully saturated rings. The average Bonchev–Trinajstić information content (AvgIpc) is 2.98. The number of amides is 2. The minimum atomic E-state index is -2.92. The SMILES string of the molecule is CC(C)(C)OC(=O)N1C[C@@H](C(=O)NC(C)(C)c2cccc(Cl)c2F)OC[C@H]1CO[Si](c1ccccc1)(c1ccccc1)C(C)(C)C. The van der Waals surface area contributed by atoms with Gasteiger partial charge in [0.1, 0.15) is 11.4 Å². The first-order valence-corrected chi connectivity index (χ1v) is 17.9. The van der Waals surface area contributed by atoms with Crippen LogP contribution in [-0.4, -0.2) is 62.7 Å². The molecule has 4 rings (SSSR count). The van der Waals surface area contributed by atoms with Gasteiger partial charge in [0, 0.05) is 5.56 Å². The first kappa shape index (κ1) is 35.6. The van der Waals surface area contributed by atoms with E-state index in [1.54, 1.807) is 46.8 Å². The molecule has 248 valence electrons. The predicted octanol–water partition coefficient (Wildman–Crippen LogP) is 6.41. The van der Waals surface area contributed by atoms with Gasteiger partial charge in [0.15, 0.2) is 6.10 Å². The molecule has 2 amide bonds. The number of nitrogens with one attached hydrogen (secondary N) is 1. The molecule has 1 aliphatic heterocycles. The molecule has 10 heteroatoms. The van der Waals surface area contributed by atoms with Crippen LogP contribution in [0.4, 0.5) is 9.18 Å². The van der Waals surface area contributed by atoms with Crippen LogP contribution in [0.5, 0.6) is 0 Å². The molecule has 0 spiro atoms. The fraction of sp³-hybridized carbons (Fsp3) is 0.444. The van der Waals surface area contributed by atoms with Crippen molar-refractivity contribution in [1.82, 2.24) is 10.2 Å². The number of carbonyl (C=O) groups is 2. The summed E-state index contributed by atoms with van der Waals surface area (Å²) in [5.41, 5.74) is -1.62. The van der Waals surface area contributed by atoms with Crippen molar-refractivity contribution >= 4 is 42.3 Å². The number of halogens is 2. The Labute approximate surface area is 278 Å². The molecule has 0 aliphatic carbocycles. The zero-order valence-corrected chi connectivity index (χ0v) is 29.8. The number of hydrogen-bond donors (Lipinski definition) is 1. The Bertz CT molecular complexity index is 1470. The fourth-order valence-corrected chi connectivity index (χ4v) is 10.7. The van der Waals surface area contributed by atoms with Gasteiger partial charge in [0.05, 0.1) is 36.4 Å². The number of ether oxygens (including phenoxy) is 2. The quantitative estimate of drug-likeness (QED) is 0.281. The van der Waals surface area contributed by atoms with Crippen LogP contribution in [0.3, 0.4) is 0 Å². The van der Waals surface area contributed by atoms with Gasteiger partial charge in [-0.2, -0.15) is 0 Å². The summed E-state index contributed by atoms with van der Waals surface area (Å²) in [5, 5.41) is 4.81. The molecule has 0 bridgehead atoms. The van der Waals surface area contributed by atoms with Crippen LogP contribution in [0.2, 0.25) is 10.1 Å². The maximum atomic E-state index is 14.9. The number of benzene rings is 3. The highest BCUT2D eigenvalue weighted by molar-refractivity contribution is 6.99. The van der Waals surface area contributed by atoms with E-state index in [9.17, 15) is 14.0 Å². The lowest BCUT2D eigenvalue weighted by molar-refractivity contribution is -0.144. The van der Waals surface area contributed by atoms with Gasteiger partial charge in [-0.05, 0) is 56.1 Å². The molecule has 1 heterocycles. The van der Waals surface area contributed by atoms with E-state index in [1.807, 2.05) is 36.4 Å². The fourth-order valence-electron chi connectivity index (χ4n) is 5.96. The van der Waals surface area contributed by atoms with Crippen molar-refractivity contribution < 1.29 is 27.9 Å². The van der Waals surface area contributed by atoms with Crippen molar-refractivity contribution in [2.75, 3.05) is 19.8 Å². The third-order valence-corrected chi connectivity index (χ3v) is 13.5. The van der Waals surface area contributed by atoms with Crippen molar-refractivity contribution in [2.45, 2.75) is 83.7 Å². The van der Waals surface area contributed by atoms with Gasteiger partial charge in [0.25, 0.3) is 14.2 Å². The van der Waals surface area contributed by atoms with Gasteiger partial charge in [-0.15, -0.1) is 0 Å². The molecule has 1 saturated heterocycles. The second-order valence-electron chi connectivity index (χ2n) is 14.3. The lowest BCUT2D eigenvalue weighted by Crippen LogP contribution is -2.68. The van der Waals surface area contributed by atoms with Crippen LogP contribution < -0.4 is 15.7 Å². The summed E-state index contributed by atoms with van der Waals surface area (Å²) in [4.78, 5) is 28.7. The van der Waals surface area contributed by atoms with Crippen molar-refractivity contribution in [2.24, 2.45) is 0 Å². The third kappa shape index (κ3) is 7.82. The molecule has 2 atom stereocenters. The van der Waals surface area contributed by atoms with E-state index >= 15 is 0 Å². The van der Waals surface area contributed by atoms with Crippen LogP contribution in [0.15, 0.2) is 78.9 Å². The van der Waals surface area contributed by atoms with E-state index in [4.69, 9.17) is 25.5 Å². The summed E-state index contributed by atoms with van der Waals surface area (Å²) in [6.45, 7) is 15.5. The molecule has 0 radical (unpaired) electrons. The maximum absolute atomic E-state index is 14.9. The first-order chi connectivity index (χ1) is 21.5. The van der Waals surface area contributed by atoms with E-state index in [0.29, 0.717) is 0 Å². The molecule has 0 saturated carbocycles. The van der Waals surface area contributed by atoms with Crippen LogP contribution in [0.25, 0.3) is 0 Å². The second kappa shape index (κ2) is 13.9. The number of nitrogens with zero attached hydrogens (tertiary/aromatic N) is 1. The minimum absolute atomic E-state index is 0.0337. The number of hydrogen-bond acceptors (Lipinski definition) is 5. The molecule has 46 heavy (non-hydrogen) atoms. The monoisotopic (exact) mass is 668 g/mol. The van der Waals surface area contributed by atoms with Crippen molar-refractivity contribution in [3.63, 3.8) is 0 Å². The van der Waals surface area contributed by atoms with Crippen molar-refractivity contribution in [3.05, 3.63) is 95.3 Å². The summed E-state index contributed by atoms with van der Waals surface area (Å²) < 4.78 is 33.9. The predicted molar refractivity (Wildman–Crippen MR) is 183 cm³/mol. The molecule has 3 aromatic rings. The topological polar surface area (TPSA) is 77.1 Å². The molecule has 0 unspecified atom stereocenters. The number of carbonyl (C=O) groups excluding carboxylic acids is 2. The number of morpholine rings is 1. The van der Waals surface area contributed by atoms with Gasteiger partial charge in [-0.1, -0.05) is 105 Å². The Balaban J connectivity index is 1.63. The Kier molecular flexibility index (Phi) is 10.7. The van der Waals surface area contributed by atoms with E-state index in [1.165, 1.54) is 11.0 Å². The van der Waals surface area contributed by atoms with Crippen LogP contribution in [0.1, 0.15) is 61.0 Å². The van der Waals surface area contributed by atoms with E-state index < -0.39 is 49.4 Å². The molecular weight excluding hydrogens is 623 g/mol. The van der Waals surface area contributed by atoms with Crippen LogP contribution >= 0.6 is 11.6 Å². The highest BCUT2D eigenvalue weighted by Gasteiger charge is 2.51. The summed E-state index contributed by atoms with van der Waals surface area (Å²) in [7, 11) is -2.92. The third-order valence-electron chi connectivity index (χ3n) is 8.18. The summed E-state index contributed by atoms with van der Waals surface area (Å²) in [6.07, 6.45) is -1.58. The summed E-state index contributed by atoms with van der Waals surface area (Å²) in [6, 6.07) is 24.6. The molecule has 7 nitrogen and oxygen atoms in total. The van der Waals surface area contributed by atoms with E-state index in [-0.39, 0.29) is 35.4 Å². The van der Waals surface area contributed by atoms with Crippen LogP contribution in [0, 0.1) is 5.82 Å². The van der Waals surface area contributed by atoms with Gasteiger partial charge in [-0.3, -0.25) is 9.69 Å². The van der Waals surface area contributed by atoms with Gasteiger partial charge in [-0.25, -0.2) is 9.18 Å². The molecule has 1 N–H and O–H groups in total. The van der Waals surface area contributed by atoms with Crippen LogP contribution in [-0.2, 0) is 24.2 Å². The molecule has 3 aromatic carbocycles. The van der Waals surface area contributed by atoms with Gasteiger partial charge in [0.2, 0.25) is 0 Å². The summed E-state index contributed by atoms with van der Waals surface area (Å²) in [5.74, 6) is -1.08. The average molecular weight is 669 g/mol. The van der Waals surface area contributed by atoms with Crippen molar-refractivity contribution in [3.8, 4) is 0 Å². The normalized spacial score (nSPS) is 17.8. The maximum Gasteiger partial charge on any atom is 0.410 e. The largest absolute Gasteiger partial charge is 0.444 e. The Morgan fingerprint density at radius 1 is 0.913 bits per heavy atom. The lowest BCUT2D eigenvalue weighted by atomic mass is 9.93. The second-order valence-corrected chi connectivity index (χ2v) is 19.0. The smallest absolute Gasteiger partial charge is 0.410 e. The standard InChI is InChI=1S/C36H46ClFN2O5Si/c1-34(2,3)45-33(42)40-22-30(32(41)39-36(7,8)28-20-15-21-29(37)31(28)38)43-23-25(40)24-44-46(35(4,5)6,26-16-11-9-12-17-26)27-18-13-10-14-19-27/h9-21,25,30H,22-24H2,1-8H3,(H,39,41)/t25-,30-/m0/s1. The highest BCUT2D eigenvalue weighted by Crippen LogP contribution is 2.37. The molecular formula is C36H46ClFN2O5Si. The molecule has 1 aliphatic rings. The highest BCUT2D eigenvalue weighted by atomic mass is 35.5. The number of rotatable bonds is 8.